The van der Waals surface area contributed by atoms with Crippen molar-refractivity contribution in [1.29, 1.82) is 0 Å². The maximum atomic E-state index is 12.4. The Labute approximate surface area is 158 Å². The lowest BCUT2D eigenvalue weighted by Gasteiger charge is -2.09. The van der Waals surface area contributed by atoms with Gasteiger partial charge < -0.3 is 10.6 Å². The Morgan fingerprint density at radius 2 is 1.74 bits per heavy atom. The van der Waals surface area contributed by atoms with E-state index in [4.69, 9.17) is 0 Å². The van der Waals surface area contributed by atoms with Crippen molar-refractivity contribution < 1.29 is 9.59 Å². The number of carbonyl (C=O) groups is 2. The molecule has 0 aliphatic heterocycles. The lowest BCUT2D eigenvalue weighted by Crippen LogP contribution is -2.22. The molecule has 0 aliphatic carbocycles. The molecule has 1 heterocycles. The normalized spacial score (nSPS) is 10.3. The second kappa shape index (κ2) is 8.27. The number of benzene rings is 2. The number of anilines is 2. The summed E-state index contributed by atoms with van der Waals surface area (Å²) in [6.07, 6.45) is 1.58. The molecule has 0 saturated carbocycles. The van der Waals surface area contributed by atoms with Crippen LogP contribution in [-0.4, -0.2) is 16.7 Å². The Balaban J connectivity index is 1.67. The predicted molar refractivity (Wildman–Crippen MR) is 106 cm³/mol. The Morgan fingerprint density at radius 1 is 0.963 bits per heavy atom. The Hall–Kier alpha value is -3.47. The lowest BCUT2D eigenvalue weighted by atomic mass is 10.1. The van der Waals surface area contributed by atoms with E-state index in [-0.39, 0.29) is 11.7 Å². The molecule has 0 aliphatic rings. The average molecular weight is 359 g/mol. The topological polar surface area (TPSA) is 71.1 Å². The summed E-state index contributed by atoms with van der Waals surface area (Å²) < 4.78 is 0. The van der Waals surface area contributed by atoms with Crippen LogP contribution in [0.3, 0.4) is 0 Å². The van der Waals surface area contributed by atoms with Crippen LogP contribution in [0.1, 0.15) is 38.8 Å². The molecule has 0 saturated heterocycles. The van der Waals surface area contributed by atoms with Crippen LogP contribution in [0, 0.1) is 6.92 Å². The first-order valence-corrected chi connectivity index (χ1v) is 8.69. The van der Waals surface area contributed by atoms with Gasteiger partial charge in [0.05, 0.1) is 0 Å². The van der Waals surface area contributed by atoms with Gasteiger partial charge in [-0.1, -0.05) is 42.0 Å². The van der Waals surface area contributed by atoms with Crippen LogP contribution < -0.4 is 10.6 Å². The van der Waals surface area contributed by atoms with Gasteiger partial charge in [0.2, 0.25) is 0 Å². The molecule has 136 valence electrons. The Morgan fingerprint density at radius 3 is 2.48 bits per heavy atom. The average Bonchev–Trinajstić information content (AvgIpc) is 2.67. The summed E-state index contributed by atoms with van der Waals surface area (Å²) in [7, 11) is 0. The summed E-state index contributed by atoms with van der Waals surface area (Å²) >= 11 is 0. The lowest BCUT2D eigenvalue weighted by molar-refractivity contribution is 0.0950. The minimum atomic E-state index is -0.168. The van der Waals surface area contributed by atoms with Crippen molar-refractivity contribution in [2.24, 2.45) is 0 Å². The third kappa shape index (κ3) is 5.01. The smallest absolute Gasteiger partial charge is 0.251 e. The van der Waals surface area contributed by atoms with Crippen LogP contribution in [-0.2, 0) is 6.54 Å². The maximum Gasteiger partial charge on any atom is 0.251 e. The quantitative estimate of drug-likeness (QED) is 0.645. The summed E-state index contributed by atoms with van der Waals surface area (Å²) in [5, 5.41) is 6.04. The minimum Gasteiger partial charge on any atom is -0.348 e. The Kier molecular flexibility index (Phi) is 5.61. The van der Waals surface area contributed by atoms with Crippen LogP contribution in [0.15, 0.2) is 66.9 Å². The number of nitrogens with zero attached hydrogens (tertiary/aromatic N) is 1. The molecule has 3 rings (SSSR count). The zero-order valence-electron chi connectivity index (χ0n) is 15.3. The number of aromatic nitrogens is 1. The number of aryl methyl sites for hydroxylation is 1. The fourth-order valence-electron chi connectivity index (χ4n) is 2.59. The first kappa shape index (κ1) is 18.3. The van der Waals surface area contributed by atoms with E-state index in [1.165, 1.54) is 12.5 Å². The van der Waals surface area contributed by atoms with Crippen LogP contribution in [0.25, 0.3) is 0 Å². The first-order chi connectivity index (χ1) is 13.0. The molecular formula is C22H21N3O2. The van der Waals surface area contributed by atoms with Crippen LogP contribution in [0.5, 0.6) is 0 Å². The summed E-state index contributed by atoms with van der Waals surface area (Å²) in [5.74, 6) is 0.369. The monoisotopic (exact) mass is 359 g/mol. The Bertz CT molecular complexity index is 965. The van der Waals surface area contributed by atoms with Gasteiger partial charge in [-0.3, -0.25) is 9.59 Å². The van der Waals surface area contributed by atoms with Crippen molar-refractivity contribution in [3.63, 3.8) is 0 Å². The molecule has 0 atom stereocenters. The first-order valence-electron chi connectivity index (χ1n) is 8.69. The van der Waals surface area contributed by atoms with E-state index in [0.717, 1.165) is 11.3 Å². The van der Waals surface area contributed by atoms with Gasteiger partial charge in [0.1, 0.15) is 5.82 Å². The van der Waals surface area contributed by atoms with E-state index in [1.54, 1.807) is 36.5 Å². The summed E-state index contributed by atoms with van der Waals surface area (Å²) in [6, 6.07) is 18.6. The highest BCUT2D eigenvalue weighted by Gasteiger charge is 2.08. The number of rotatable bonds is 6. The number of hydrogen-bond acceptors (Lipinski definition) is 4. The molecule has 0 radical (unpaired) electrons. The maximum absolute atomic E-state index is 12.4. The van der Waals surface area contributed by atoms with Gasteiger partial charge in [-0.15, -0.1) is 0 Å². The molecule has 2 N–H and O–H groups in total. The van der Waals surface area contributed by atoms with Crippen LogP contribution >= 0.6 is 0 Å². The third-order valence-corrected chi connectivity index (χ3v) is 4.14. The predicted octanol–water partition coefficient (Wildman–Crippen LogP) is 4.27. The van der Waals surface area contributed by atoms with Gasteiger partial charge >= 0.3 is 0 Å². The standard InChI is InChI=1S/C22H21N3O2/c1-15-6-8-17(9-7-15)14-24-22(27)19-10-11-23-21(13-19)25-20-5-3-4-18(12-20)16(2)26/h3-13H,14H2,1-2H3,(H,23,25)(H,24,27). The number of carbonyl (C=O) groups excluding carboxylic acids is 2. The van der Waals surface area contributed by atoms with E-state index in [0.29, 0.717) is 23.5 Å². The number of Topliss-reactive ketones (excluding diaryl/α,β-unsaturated/α-hetero) is 1. The molecular weight excluding hydrogens is 338 g/mol. The van der Waals surface area contributed by atoms with E-state index in [9.17, 15) is 9.59 Å². The molecule has 2 aromatic carbocycles. The number of hydrogen-bond donors (Lipinski definition) is 2. The van der Waals surface area contributed by atoms with Crippen molar-refractivity contribution in [2.45, 2.75) is 20.4 Å². The van der Waals surface area contributed by atoms with E-state index >= 15 is 0 Å². The van der Waals surface area contributed by atoms with Gasteiger partial charge in [0.25, 0.3) is 5.91 Å². The second-order valence-corrected chi connectivity index (χ2v) is 6.36. The molecule has 0 unspecified atom stereocenters. The largest absolute Gasteiger partial charge is 0.348 e. The molecule has 3 aromatic rings. The SMILES string of the molecule is CC(=O)c1cccc(Nc2cc(C(=O)NCc3ccc(C)cc3)ccn2)c1. The summed E-state index contributed by atoms with van der Waals surface area (Å²) in [4.78, 5) is 28.2. The van der Waals surface area contributed by atoms with Crippen LogP contribution in [0.4, 0.5) is 11.5 Å². The zero-order valence-corrected chi connectivity index (χ0v) is 15.3. The van der Waals surface area contributed by atoms with E-state index in [1.807, 2.05) is 37.3 Å². The molecule has 0 bridgehead atoms. The summed E-state index contributed by atoms with van der Waals surface area (Å²) in [5.41, 5.74) is 4.10. The number of ketones is 1. The van der Waals surface area contributed by atoms with Gasteiger partial charge in [0, 0.05) is 29.6 Å². The molecule has 0 fully saturated rings. The van der Waals surface area contributed by atoms with E-state index < -0.39 is 0 Å². The molecule has 1 amide bonds. The minimum absolute atomic E-state index is 0.00385. The zero-order chi connectivity index (χ0) is 19.2. The molecule has 1 aromatic heterocycles. The third-order valence-electron chi connectivity index (χ3n) is 4.14. The van der Waals surface area contributed by atoms with Crippen molar-refractivity contribution in [2.75, 3.05) is 5.32 Å². The van der Waals surface area contributed by atoms with Crippen molar-refractivity contribution in [3.05, 3.63) is 89.1 Å². The highest BCUT2D eigenvalue weighted by atomic mass is 16.1. The number of nitrogens with one attached hydrogen (secondary N) is 2. The van der Waals surface area contributed by atoms with Crippen molar-refractivity contribution in [1.82, 2.24) is 10.3 Å². The highest BCUT2D eigenvalue weighted by Crippen LogP contribution is 2.17. The number of pyridine rings is 1. The second-order valence-electron chi connectivity index (χ2n) is 6.36. The van der Waals surface area contributed by atoms with Gasteiger partial charge in [-0.2, -0.15) is 0 Å². The van der Waals surface area contributed by atoms with Crippen LogP contribution in [0.2, 0.25) is 0 Å². The van der Waals surface area contributed by atoms with Gasteiger partial charge in [0.15, 0.2) is 5.78 Å². The van der Waals surface area contributed by atoms with Crippen molar-refractivity contribution in [3.8, 4) is 0 Å². The summed E-state index contributed by atoms with van der Waals surface area (Å²) in [6.45, 7) is 4.02. The van der Waals surface area contributed by atoms with Gasteiger partial charge in [-0.05, 0) is 43.7 Å². The molecule has 0 spiro atoms. The highest BCUT2D eigenvalue weighted by molar-refractivity contribution is 5.96. The van der Waals surface area contributed by atoms with E-state index in [2.05, 4.69) is 15.6 Å². The fourth-order valence-corrected chi connectivity index (χ4v) is 2.59. The fraction of sp³-hybridized carbons (Fsp3) is 0.136. The molecule has 5 heteroatoms. The number of amides is 1. The molecule has 27 heavy (non-hydrogen) atoms. The molecule has 5 nitrogen and oxygen atoms in total. The van der Waals surface area contributed by atoms with Crippen molar-refractivity contribution >= 4 is 23.2 Å². The van der Waals surface area contributed by atoms with Gasteiger partial charge in [-0.25, -0.2) is 4.98 Å².